The van der Waals surface area contributed by atoms with Gasteiger partial charge in [0.2, 0.25) is 4.96 Å². The van der Waals surface area contributed by atoms with Gasteiger partial charge in [-0.2, -0.15) is 0 Å². The van der Waals surface area contributed by atoms with Crippen molar-refractivity contribution in [1.82, 2.24) is 19.6 Å². The third-order valence-corrected chi connectivity index (χ3v) is 7.12. The molecular formula is C29H36N4O6S. The van der Waals surface area contributed by atoms with Crippen LogP contribution in [0.3, 0.4) is 0 Å². The monoisotopic (exact) mass is 568 g/mol. The molecule has 1 N–H and O–H groups in total. The summed E-state index contributed by atoms with van der Waals surface area (Å²) in [6, 6.07) is 11.1. The maximum absolute atomic E-state index is 11.0. The van der Waals surface area contributed by atoms with E-state index in [9.17, 15) is 5.11 Å². The molecule has 1 fully saturated rings. The van der Waals surface area contributed by atoms with Crippen molar-refractivity contribution in [2.45, 2.75) is 52.7 Å². The highest BCUT2D eigenvalue weighted by atomic mass is 32.1. The Kier molecular flexibility index (Phi) is 9.62. The number of pyridine rings is 1. The van der Waals surface area contributed by atoms with Gasteiger partial charge in [-0.1, -0.05) is 33.8 Å². The Labute approximate surface area is 237 Å². The molecule has 0 unspecified atom stereocenters. The Morgan fingerprint density at radius 1 is 1.02 bits per heavy atom. The van der Waals surface area contributed by atoms with Crippen LogP contribution in [-0.2, 0) is 16.9 Å². The lowest BCUT2D eigenvalue weighted by molar-refractivity contribution is -0.0706. The first-order chi connectivity index (χ1) is 19.5. The number of aromatic nitrogens is 4. The fourth-order valence-electron chi connectivity index (χ4n) is 4.27. The standard InChI is InChI=1S/C25H24N4O6S.2C2H6/c1-31-16-10-19(34-14-15-4-3-5-22(26-15)25(30)6-8-33-9-7-25)17-12-21(35-20(17)11-16)18-13-29-23(27-18)36-24(28-29)32-2;2*1-2/h3-5,10-13,30H,6-9,14H2,1-2H3;2*1-2H3. The molecule has 6 rings (SSSR count). The first-order valence-corrected chi connectivity index (χ1v) is 14.3. The number of rotatable bonds is 7. The van der Waals surface area contributed by atoms with E-state index in [0.717, 1.165) is 5.39 Å². The predicted molar refractivity (Wildman–Crippen MR) is 154 cm³/mol. The van der Waals surface area contributed by atoms with Gasteiger partial charge in [0.15, 0.2) is 5.76 Å². The highest BCUT2D eigenvalue weighted by Gasteiger charge is 2.33. The van der Waals surface area contributed by atoms with Crippen molar-refractivity contribution in [3.05, 3.63) is 54.0 Å². The van der Waals surface area contributed by atoms with Crippen LogP contribution in [0.15, 0.2) is 47.0 Å². The maximum atomic E-state index is 11.0. The molecule has 0 saturated carbocycles. The van der Waals surface area contributed by atoms with Gasteiger partial charge in [-0.25, -0.2) is 9.50 Å². The number of imidazole rings is 1. The van der Waals surface area contributed by atoms with Gasteiger partial charge in [0.25, 0.3) is 5.19 Å². The van der Waals surface area contributed by atoms with Gasteiger partial charge >= 0.3 is 0 Å². The Hall–Kier alpha value is -3.67. The fraction of sp³-hybridized carbons (Fsp3) is 0.414. The number of fused-ring (bicyclic) bond motifs is 2. The van der Waals surface area contributed by atoms with Crippen LogP contribution in [-0.4, -0.2) is 52.1 Å². The third-order valence-electron chi connectivity index (χ3n) is 6.24. The minimum atomic E-state index is -0.978. The second-order valence-electron chi connectivity index (χ2n) is 8.52. The van der Waals surface area contributed by atoms with Crippen molar-refractivity contribution in [3.63, 3.8) is 0 Å². The summed E-state index contributed by atoms with van der Waals surface area (Å²) in [6.07, 6.45) is 2.83. The molecule has 0 spiro atoms. The number of benzene rings is 1. The zero-order valence-corrected chi connectivity index (χ0v) is 24.6. The van der Waals surface area contributed by atoms with E-state index >= 15 is 0 Å². The second kappa shape index (κ2) is 13.1. The van der Waals surface area contributed by atoms with E-state index in [0.29, 0.717) is 76.1 Å². The molecule has 0 aliphatic carbocycles. The van der Waals surface area contributed by atoms with Gasteiger partial charge in [0.05, 0.1) is 37.2 Å². The molecule has 0 bridgehead atoms. The summed E-state index contributed by atoms with van der Waals surface area (Å²) in [5.74, 6) is 1.78. The van der Waals surface area contributed by atoms with Gasteiger partial charge < -0.3 is 28.5 Å². The van der Waals surface area contributed by atoms with Crippen molar-refractivity contribution < 1.29 is 28.5 Å². The van der Waals surface area contributed by atoms with Crippen LogP contribution < -0.4 is 14.2 Å². The van der Waals surface area contributed by atoms with Crippen LogP contribution in [0.25, 0.3) is 27.4 Å². The summed E-state index contributed by atoms with van der Waals surface area (Å²) in [5.41, 5.74) is 1.63. The second-order valence-corrected chi connectivity index (χ2v) is 9.44. The predicted octanol–water partition coefficient (Wildman–Crippen LogP) is 6.25. The summed E-state index contributed by atoms with van der Waals surface area (Å²) < 4.78 is 30.0. The molecule has 4 aromatic heterocycles. The lowest BCUT2D eigenvalue weighted by atomic mass is 9.90. The number of methoxy groups -OCH3 is 2. The summed E-state index contributed by atoms with van der Waals surface area (Å²) >= 11 is 1.35. The average Bonchev–Trinajstić information content (AvgIpc) is 3.72. The molecule has 214 valence electrons. The van der Waals surface area contributed by atoms with E-state index < -0.39 is 5.60 Å². The highest BCUT2D eigenvalue weighted by Crippen LogP contribution is 2.38. The summed E-state index contributed by atoms with van der Waals surface area (Å²) in [4.78, 5) is 9.98. The quantitative estimate of drug-likeness (QED) is 0.243. The zero-order chi connectivity index (χ0) is 28.7. The van der Waals surface area contributed by atoms with Crippen molar-refractivity contribution in [3.8, 4) is 28.1 Å². The first kappa shape index (κ1) is 29.3. The topological polar surface area (TPSA) is 113 Å². The number of aliphatic hydroxyl groups is 1. The van der Waals surface area contributed by atoms with E-state index in [2.05, 4.69) is 15.1 Å². The normalized spacial score (nSPS) is 14.2. The Balaban J connectivity index is 0.000000886. The summed E-state index contributed by atoms with van der Waals surface area (Å²) in [5, 5.41) is 16.6. The van der Waals surface area contributed by atoms with E-state index in [-0.39, 0.29) is 6.61 Å². The number of ether oxygens (including phenoxy) is 4. The van der Waals surface area contributed by atoms with Gasteiger partial charge in [-0.15, -0.1) is 5.10 Å². The summed E-state index contributed by atoms with van der Waals surface area (Å²) in [6.45, 7) is 9.25. The molecule has 1 saturated heterocycles. The minimum Gasteiger partial charge on any atom is -0.496 e. The smallest absolute Gasteiger partial charge is 0.294 e. The van der Waals surface area contributed by atoms with E-state index in [4.69, 9.17) is 23.4 Å². The molecule has 0 atom stereocenters. The maximum Gasteiger partial charge on any atom is 0.294 e. The average molecular weight is 569 g/mol. The van der Waals surface area contributed by atoms with Gasteiger partial charge in [-0.3, -0.25) is 4.98 Å². The molecule has 11 heteroatoms. The Morgan fingerprint density at radius 3 is 2.50 bits per heavy atom. The zero-order valence-electron chi connectivity index (χ0n) is 23.8. The molecule has 5 heterocycles. The minimum absolute atomic E-state index is 0.215. The lowest BCUT2D eigenvalue weighted by Crippen LogP contribution is -2.34. The van der Waals surface area contributed by atoms with Crippen LogP contribution in [0.2, 0.25) is 0 Å². The largest absolute Gasteiger partial charge is 0.496 e. The third kappa shape index (κ3) is 6.06. The van der Waals surface area contributed by atoms with Crippen LogP contribution in [0.5, 0.6) is 16.7 Å². The Bertz CT molecular complexity index is 1500. The van der Waals surface area contributed by atoms with E-state index in [1.165, 1.54) is 11.3 Å². The molecule has 1 aliphatic rings. The first-order valence-electron chi connectivity index (χ1n) is 13.5. The number of hydrogen-bond donors (Lipinski definition) is 1. The number of furan rings is 1. The van der Waals surface area contributed by atoms with Crippen molar-refractivity contribution in [2.75, 3.05) is 27.4 Å². The van der Waals surface area contributed by atoms with Crippen LogP contribution in [0.1, 0.15) is 51.9 Å². The molecule has 0 radical (unpaired) electrons. The molecule has 1 aromatic carbocycles. The molecule has 10 nitrogen and oxygen atoms in total. The molecular weight excluding hydrogens is 532 g/mol. The van der Waals surface area contributed by atoms with Gasteiger partial charge in [0.1, 0.15) is 35.0 Å². The van der Waals surface area contributed by atoms with Crippen LogP contribution in [0, 0.1) is 0 Å². The number of hydrogen-bond acceptors (Lipinski definition) is 10. The number of nitrogens with zero attached hydrogens (tertiary/aromatic N) is 4. The summed E-state index contributed by atoms with van der Waals surface area (Å²) in [7, 11) is 3.17. The van der Waals surface area contributed by atoms with E-state index in [1.54, 1.807) is 24.9 Å². The van der Waals surface area contributed by atoms with Gasteiger partial charge in [0, 0.05) is 38.2 Å². The van der Waals surface area contributed by atoms with Crippen LogP contribution >= 0.6 is 11.3 Å². The van der Waals surface area contributed by atoms with Gasteiger partial charge in [-0.05, 0) is 29.5 Å². The van der Waals surface area contributed by atoms with Crippen molar-refractivity contribution in [1.29, 1.82) is 0 Å². The molecule has 0 amide bonds. The SMILES string of the molecule is CC.CC.COc1cc(OCc2cccc(C3(O)CCOCC3)n2)c2cc(-c3cn4nc(OC)sc4n3)oc2c1. The highest BCUT2D eigenvalue weighted by molar-refractivity contribution is 7.18. The van der Waals surface area contributed by atoms with Crippen molar-refractivity contribution in [2.24, 2.45) is 0 Å². The Morgan fingerprint density at radius 2 is 1.80 bits per heavy atom. The molecule has 40 heavy (non-hydrogen) atoms. The van der Waals surface area contributed by atoms with E-state index in [1.807, 2.05) is 64.1 Å². The van der Waals surface area contributed by atoms with Crippen molar-refractivity contribution >= 4 is 27.3 Å². The molecule has 1 aliphatic heterocycles. The lowest BCUT2D eigenvalue weighted by Gasteiger charge is -2.31. The molecule has 5 aromatic rings. The fourth-order valence-corrected chi connectivity index (χ4v) is 4.96. The van der Waals surface area contributed by atoms with Crippen LogP contribution in [0.4, 0.5) is 0 Å².